The van der Waals surface area contributed by atoms with Crippen LogP contribution in [0.2, 0.25) is 0 Å². The van der Waals surface area contributed by atoms with Crippen LogP contribution < -0.4 is 5.73 Å². The Hall–Kier alpha value is -0.530. The van der Waals surface area contributed by atoms with Crippen LogP contribution in [0.5, 0.6) is 0 Å². The summed E-state index contributed by atoms with van der Waals surface area (Å²) in [7, 11) is 0. The lowest BCUT2D eigenvalue weighted by Crippen LogP contribution is -2.24. The summed E-state index contributed by atoms with van der Waals surface area (Å²) in [6.07, 6.45) is 6.80. The van der Waals surface area contributed by atoms with Crippen LogP contribution in [0.3, 0.4) is 0 Å². The molecule has 1 radical (unpaired) electrons. The molecule has 1 atom stereocenters. The van der Waals surface area contributed by atoms with E-state index in [0.29, 0.717) is 11.8 Å². The Kier molecular flexibility index (Phi) is 2.09. The summed E-state index contributed by atoms with van der Waals surface area (Å²) in [4.78, 5) is 0. The van der Waals surface area contributed by atoms with Crippen molar-refractivity contribution >= 4 is 5.84 Å². The van der Waals surface area contributed by atoms with E-state index >= 15 is 0 Å². The number of nitrogens with one attached hydrogen (secondary N) is 1. The smallest absolute Gasteiger partial charge is 0.0937 e. The maximum Gasteiger partial charge on any atom is 0.0937 e. The highest BCUT2D eigenvalue weighted by Crippen LogP contribution is 2.21. The van der Waals surface area contributed by atoms with E-state index < -0.39 is 0 Å². The van der Waals surface area contributed by atoms with Crippen LogP contribution in [-0.4, -0.2) is 5.84 Å². The van der Waals surface area contributed by atoms with E-state index in [1.54, 1.807) is 0 Å². The molecule has 0 bridgehead atoms. The average molecular weight is 125 g/mol. The van der Waals surface area contributed by atoms with Gasteiger partial charge < -0.3 is 5.73 Å². The first-order valence-corrected chi connectivity index (χ1v) is 3.46. The zero-order chi connectivity index (χ0) is 6.69. The van der Waals surface area contributed by atoms with Gasteiger partial charge in [-0.05, 0) is 19.3 Å². The molecule has 0 aliphatic heterocycles. The molecule has 0 aromatic rings. The number of nitrogens with two attached hydrogens (primary N) is 1. The summed E-state index contributed by atoms with van der Waals surface area (Å²) in [5.74, 6) is 0.727. The van der Waals surface area contributed by atoms with Crippen molar-refractivity contribution in [3.8, 4) is 0 Å². The Morgan fingerprint density at radius 2 is 2.44 bits per heavy atom. The summed E-state index contributed by atoms with van der Waals surface area (Å²) >= 11 is 0. The zero-order valence-corrected chi connectivity index (χ0v) is 5.56. The van der Waals surface area contributed by atoms with Gasteiger partial charge in [-0.3, -0.25) is 5.41 Å². The molecular weight excluding hydrogens is 112 g/mol. The second kappa shape index (κ2) is 2.85. The van der Waals surface area contributed by atoms with Crippen molar-refractivity contribution in [2.24, 2.45) is 11.7 Å². The van der Waals surface area contributed by atoms with E-state index in [0.717, 1.165) is 12.8 Å². The molecule has 0 saturated heterocycles. The Labute approximate surface area is 55.9 Å². The molecule has 1 fully saturated rings. The molecule has 1 rings (SSSR count). The predicted molar refractivity (Wildman–Crippen MR) is 38.2 cm³/mol. The fourth-order valence-corrected chi connectivity index (χ4v) is 1.23. The molecule has 0 amide bonds. The molecule has 3 N–H and O–H groups in total. The SMILES string of the molecule is N=C(N)C1C[CH]CCC1. The lowest BCUT2D eigenvalue weighted by Gasteiger charge is -2.19. The van der Waals surface area contributed by atoms with Crippen molar-refractivity contribution in [1.29, 1.82) is 5.41 Å². The Balaban J connectivity index is 2.31. The van der Waals surface area contributed by atoms with Gasteiger partial charge in [0.15, 0.2) is 0 Å². The van der Waals surface area contributed by atoms with Crippen LogP contribution in [0.1, 0.15) is 25.7 Å². The highest BCUT2D eigenvalue weighted by Gasteiger charge is 2.14. The highest BCUT2D eigenvalue weighted by molar-refractivity contribution is 5.79. The standard InChI is InChI=1S/C7H13N2/c8-7(9)6-4-2-1-3-5-6/h2,6H,1,3-5H2,(H3,8,9). The van der Waals surface area contributed by atoms with E-state index in [1.165, 1.54) is 12.8 Å². The summed E-state index contributed by atoms with van der Waals surface area (Å²) in [6.45, 7) is 0. The second-order valence-corrected chi connectivity index (χ2v) is 2.61. The third-order valence-electron chi connectivity index (χ3n) is 1.85. The van der Waals surface area contributed by atoms with Gasteiger partial charge in [-0.2, -0.15) is 0 Å². The lowest BCUT2D eigenvalue weighted by atomic mass is 9.89. The van der Waals surface area contributed by atoms with Crippen LogP contribution in [0.15, 0.2) is 0 Å². The van der Waals surface area contributed by atoms with Crippen LogP contribution in [0.4, 0.5) is 0 Å². The molecule has 1 unspecified atom stereocenters. The summed E-state index contributed by atoms with van der Waals surface area (Å²) in [6, 6.07) is 0. The van der Waals surface area contributed by atoms with Gasteiger partial charge in [0.2, 0.25) is 0 Å². The number of amidine groups is 1. The van der Waals surface area contributed by atoms with Gasteiger partial charge in [0, 0.05) is 5.92 Å². The number of hydrogen-bond donors (Lipinski definition) is 2. The van der Waals surface area contributed by atoms with Crippen molar-refractivity contribution in [2.75, 3.05) is 0 Å². The van der Waals surface area contributed by atoms with Crippen LogP contribution in [-0.2, 0) is 0 Å². The zero-order valence-electron chi connectivity index (χ0n) is 5.56. The minimum Gasteiger partial charge on any atom is -0.387 e. The van der Waals surface area contributed by atoms with Gasteiger partial charge in [-0.1, -0.05) is 12.8 Å². The van der Waals surface area contributed by atoms with Gasteiger partial charge in [0.05, 0.1) is 5.84 Å². The molecule has 2 nitrogen and oxygen atoms in total. The minimum atomic E-state index is 0.360. The Morgan fingerprint density at radius 1 is 1.67 bits per heavy atom. The second-order valence-electron chi connectivity index (χ2n) is 2.61. The normalized spacial score (nSPS) is 21.8. The number of rotatable bonds is 1. The molecule has 0 heterocycles. The van der Waals surface area contributed by atoms with Crippen molar-refractivity contribution in [3.05, 3.63) is 6.42 Å². The minimum absolute atomic E-state index is 0.360. The molecule has 1 saturated carbocycles. The van der Waals surface area contributed by atoms with Gasteiger partial charge in [-0.25, -0.2) is 0 Å². The monoisotopic (exact) mass is 125 g/mol. The third-order valence-corrected chi connectivity index (χ3v) is 1.85. The Bertz CT molecular complexity index is 103. The predicted octanol–water partition coefficient (Wildman–Crippen LogP) is 1.32. The van der Waals surface area contributed by atoms with Gasteiger partial charge in [0.25, 0.3) is 0 Å². The first kappa shape index (κ1) is 6.59. The quantitative estimate of drug-likeness (QED) is 0.403. The summed E-state index contributed by atoms with van der Waals surface area (Å²) in [5, 5.41) is 7.15. The third kappa shape index (κ3) is 1.70. The summed E-state index contributed by atoms with van der Waals surface area (Å²) < 4.78 is 0. The van der Waals surface area contributed by atoms with Crippen molar-refractivity contribution < 1.29 is 0 Å². The molecule has 1 aliphatic carbocycles. The molecule has 0 aromatic carbocycles. The molecule has 1 aliphatic rings. The maximum absolute atomic E-state index is 7.15. The van der Waals surface area contributed by atoms with E-state index in [2.05, 4.69) is 6.42 Å². The molecule has 9 heavy (non-hydrogen) atoms. The Morgan fingerprint density at radius 3 is 2.78 bits per heavy atom. The molecule has 0 aromatic heterocycles. The van der Waals surface area contributed by atoms with Crippen molar-refractivity contribution in [1.82, 2.24) is 0 Å². The van der Waals surface area contributed by atoms with E-state index in [9.17, 15) is 0 Å². The lowest BCUT2D eigenvalue weighted by molar-refractivity contribution is 0.509. The first-order valence-electron chi connectivity index (χ1n) is 3.46. The molecule has 2 heteroatoms. The van der Waals surface area contributed by atoms with Crippen LogP contribution in [0.25, 0.3) is 0 Å². The van der Waals surface area contributed by atoms with Gasteiger partial charge in [-0.15, -0.1) is 0 Å². The molecule has 51 valence electrons. The summed E-state index contributed by atoms with van der Waals surface area (Å²) in [5.41, 5.74) is 5.33. The van der Waals surface area contributed by atoms with Crippen molar-refractivity contribution in [3.63, 3.8) is 0 Å². The molecular formula is C7H13N2. The van der Waals surface area contributed by atoms with E-state index in [4.69, 9.17) is 11.1 Å². The largest absolute Gasteiger partial charge is 0.387 e. The van der Waals surface area contributed by atoms with Crippen molar-refractivity contribution in [2.45, 2.75) is 25.7 Å². The maximum atomic E-state index is 7.15. The van der Waals surface area contributed by atoms with E-state index in [-0.39, 0.29) is 0 Å². The first-order chi connectivity index (χ1) is 4.30. The van der Waals surface area contributed by atoms with Crippen LogP contribution in [0, 0.1) is 17.7 Å². The fourth-order valence-electron chi connectivity index (χ4n) is 1.23. The molecule has 0 spiro atoms. The fraction of sp³-hybridized carbons (Fsp3) is 0.714. The van der Waals surface area contributed by atoms with E-state index in [1.807, 2.05) is 0 Å². The highest BCUT2D eigenvalue weighted by atomic mass is 14.7. The van der Waals surface area contributed by atoms with Crippen LogP contribution >= 0.6 is 0 Å². The number of hydrogen-bond acceptors (Lipinski definition) is 1. The topological polar surface area (TPSA) is 49.9 Å². The van der Waals surface area contributed by atoms with Gasteiger partial charge in [0.1, 0.15) is 0 Å². The average Bonchev–Trinajstić information content (AvgIpc) is 1.90. The van der Waals surface area contributed by atoms with Gasteiger partial charge >= 0.3 is 0 Å².